The van der Waals surface area contributed by atoms with Crippen LogP contribution in [0.5, 0.6) is 0 Å². The van der Waals surface area contributed by atoms with Crippen LogP contribution in [0.15, 0.2) is 60.8 Å². The summed E-state index contributed by atoms with van der Waals surface area (Å²) in [5, 5.41) is 31.9. The minimum Gasteiger partial charge on any atom is -0.383 e. The normalized spacial score (nSPS) is 19.8. The number of amides is 3. The maximum atomic E-state index is 14.8. The Bertz CT molecular complexity index is 1730. The minimum absolute atomic E-state index is 0.00377. The lowest BCUT2D eigenvalue weighted by atomic mass is 9.87. The summed E-state index contributed by atoms with van der Waals surface area (Å²) in [5.41, 5.74) is -0.354. The van der Waals surface area contributed by atoms with Gasteiger partial charge in [0.05, 0.1) is 23.3 Å². The van der Waals surface area contributed by atoms with E-state index in [4.69, 9.17) is 11.6 Å². The largest absolute Gasteiger partial charge is 0.383 e. The first-order chi connectivity index (χ1) is 20.9. The van der Waals surface area contributed by atoms with Crippen molar-refractivity contribution in [2.75, 3.05) is 9.80 Å². The molecule has 10 nitrogen and oxygen atoms in total. The van der Waals surface area contributed by atoms with Crippen LogP contribution >= 0.6 is 11.6 Å². The first-order valence-corrected chi connectivity index (χ1v) is 13.6. The van der Waals surface area contributed by atoms with Crippen molar-refractivity contribution >= 4 is 40.8 Å². The van der Waals surface area contributed by atoms with Crippen LogP contribution in [-0.2, 0) is 14.4 Å². The van der Waals surface area contributed by atoms with Crippen molar-refractivity contribution in [3.05, 3.63) is 88.3 Å². The van der Waals surface area contributed by atoms with Gasteiger partial charge in [0.25, 0.3) is 17.7 Å². The number of nitrogens with zero attached hydrogens (tertiary/aromatic N) is 5. The summed E-state index contributed by atoms with van der Waals surface area (Å²) in [5.74, 6) is -6.92. The molecule has 2 aliphatic rings. The molecule has 14 heteroatoms. The van der Waals surface area contributed by atoms with Crippen LogP contribution < -0.4 is 15.1 Å². The smallest absolute Gasteiger partial charge is 0.257 e. The van der Waals surface area contributed by atoms with E-state index < -0.39 is 73.0 Å². The third kappa shape index (κ3) is 5.93. The van der Waals surface area contributed by atoms with Crippen molar-refractivity contribution in [1.82, 2.24) is 10.3 Å². The molecule has 0 radical (unpaired) electrons. The van der Waals surface area contributed by atoms with Crippen molar-refractivity contribution in [2.24, 2.45) is 0 Å². The summed E-state index contributed by atoms with van der Waals surface area (Å²) in [7, 11) is 0. The zero-order valence-electron chi connectivity index (χ0n) is 22.6. The molecule has 1 saturated carbocycles. The predicted octanol–water partition coefficient (Wildman–Crippen LogP) is 3.77. The summed E-state index contributed by atoms with van der Waals surface area (Å²) < 4.78 is 42.1. The molecular weight excluding hydrogens is 601 g/mol. The molecule has 1 aromatic heterocycles. The number of anilines is 2. The topological polar surface area (TPSA) is 150 Å². The Kier molecular flexibility index (Phi) is 8.28. The van der Waals surface area contributed by atoms with Gasteiger partial charge in [-0.05, 0) is 36.4 Å². The molecule has 224 valence electrons. The summed E-state index contributed by atoms with van der Waals surface area (Å²) in [6.45, 7) is 0. The van der Waals surface area contributed by atoms with E-state index in [1.165, 1.54) is 36.5 Å². The number of aliphatic hydroxyl groups is 1. The molecule has 1 aliphatic carbocycles. The second-order valence-electron chi connectivity index (χ2n) is 10.4. The van der Waals surface area contributed by atoms with Crippen LogP contribution in [0.25, 0.3) is 0 Å². The third-order valence-corrected chi connectivity index (χ3v) is 7.70. The molecule has 1 saturated heterocycles. The van der Waals surface area contributed by atoms with Crippen molar-refractivity contribution < 1.29 is 32.7 Å². The lowest BCUT2D eigenvalue weighted by Crippen LogP contribution is -2.56. The van der Waals surface area contributed by atoms with E-state index in [0.717, 1.165) is 28.0 Å². The number of hydrogen-bond donors (Lipinski definition) is 2. The first kappa shape index (κ1) is 30.5. The predicted molar refractivity (Wildman–Crippen MR) is 150 cm³/mol. The molecule has 3 atom stereocenters. The van der Waals surface area contributed by atoms with Gasteiger partial charge in [-0.25, -0.2) is 18.2 Å². The van der Waals surface area contributed by atoms with Gasteiger partial charge in [0, 0.05) is 47.8 Å². The van der Waals surface area contributed by atoms with Crippen LogP contribution in [0, 0.1) is 28.5 Å². The van der Waals surface area contributed by atoms with Gasteiger partial charge in [-0.15, -0.1) is 0 Å². The molecule has 0 spiro atoms. The number of rotatable bonds is 7. The number of nitrogens with one attached hydrogen (secondary N) is 1. The van der Waals surface area contributed by atoms with E-state index in [0.29, 0.717) is 0 Å². The van der Waals surface area contributed by atoms with Gasteiger partial charge in [-0.1, -0.05) is 29.8 Å². The molecule has 3 amide bonds. The second kappa shape index (κ2) is 12.0. The summed E-state index contributed by atoms with van der Waals surface area (Å²) in [6.07, 6.45) is -2.20. The number of hydrogen-bond acceptors (Lipinski definition) is 7. The van der Waals surface area contributed by atoms with Crippen LogP contribution in [0.3, 0.4) is 0 Å². The number of halogens is 4. The molecule has 44 heavy (non-hydrogen) atoms. The summed E-state index contributed by atoms with van der Waals surface area (Å²) >= 11 is 6.47. The van der Waals surface area contributed by atoms with Crippen LogP contribution in [0.4, 0.5) is 24.7 Å². The van der Waals surface area contributed by atoms with Gasteiger partial charge in [-0.2, -0.15) is 10.5 Å². The first-order valence-electron chi connectivity index (χ1n) is 13.3. The molecule has 0 unspecified atom stereocenters. The number of aliphatic hydroxyl groups excluding tert-OH is 1. The Morgan fingerprint density at radius 2 is 1.82 bits per heavy atom. The van der Waals surface area contributed by atoms with E-state index in [1.54, 1.807) is 12.1 Å². The molecule has 2 aromatic carbocycles. The molecule has 5 rings (SSSR count). The highest BCUT2D eigenvalue weighted by Crippen LogP contribution is 2.40. The van der Waals surface area contributed by atoms with Gasteiger partial charge < -0.3 is 10.4 Å². The van der Waals surface area contributed by atoms with Gasteiger partial charge >= 0.3 is 0 Å². The standard InChI is InChI=1S/C30H22ClF3N6O4/c31-22-4-2-1-3-21(22)26(27(42)38-19-12-30(33,34)13-19)39(20-8-17(15-36)7-18(32)10-20)28(43)23-11-24(41)29(44)40(23)25-9-16(14-35)5-6-37-25/h1-10,19,23-24,26,41H,11-13H2,(H,38,42)/t23-,24+,26-/m0/s1. The number of aromatic nitrogens is 1. The lowest BCUT2D eigenvalue weighted by molar-refractivity contribution is -0.133. The fourth-order valence-corrected chi connectivity index (χ4v) is 5.55. The highest BCUT2D eigenvalue weighted by Gasteiger charge is 2.50. The summed E-state index contributed by atoms with van der Waals surface area (Å²) in [6, 6.07) is 10.9. The molecule has 2 N–H and O–H groups in total. The van der Waals surface area contributed by atoms with E-state index in [-0.39, 0.29) is 33.2 Å². The Hall–Kier alpha value is -4.98. The molecule has 3 aromatic rings. The third-order valence-electron chi connectivity index (χ3n) is 7.36. The zero-order chi connectivity index (χ0) is 31.8. The maximum Gasteiger partial charge on any atom is 0.257 e. The maximum absolute atomic E-state index is 14.8. The number of pyridine rings is 1. The van der Waals surface area contributed by atoms with Crippen LogP contribution in [-0.4, -0.2) is 51.9 Å². The zero-order valence-corrected chi connectivity index (χ0v) is 23.4. The average molecular weight is 623 g/mol. The molecule has 2 heterocycles. The minimum atomic E-state index is -2.98. The van der Waals surface area contributed by atoms with Crippen molar-refractivity contribution in [2.45, 2.75) is 49.4 Å². The van der Waals surface area contributed by atoms with E-state index in [2.05, 4.69) is 10.3 Å². The molecule has 1 aliphatic heterocycles. The van der Waals surface area contributed by atoms with Gasteiger partial charge in [0.1, 0.15) is 29.8 Å². The number of alkyl halides is 2. The monoisotopic (exact) mass is 622 g/mol. The number of carbonyl (C=O) groups excluding carboxylic acids is 3. The SMILES string of the molecule is N#Cc1cc(F)cc(N(C(=O)[C@@H]2C[C@@H](O)C(=O)N2c2cc(C#N)ccn2)[C@H](C(=O)NC2CC(F)(F)C2)c2ccccc2Cl)c1. The Labute approximate surface area is 253 Å². The van der Waals surface area contributed by atoms with E-state index in [9.17, 15) is 43.2 Å². The average Bonchev–Trinajstić information content (AvgIpc) is 3.28. The van der Waals surface area contributed by atoms with Gasteiger partial charge in [0.15, 0.2) is 0 Å². The van der Waals surface area contributed by atoms with Crippen LogP contribution in [0.1, 0.15) is 42.0 Å². The Morgan fingerprint density at radius 1 is 1.11 bits per heavy atom. The van der Waals surface area contributed by atoms with Crippen LogP contribution in [0.2, 0.25) is 5.02 Å². The number of nitriles is 2. The highest BCUT2D eigenvalue weighted by molar-refractivity contribution is 6.31. The number of carbonyl (C=O) groups is 3. The summed E-state index contributed by atoms with van der Waals surface area (Å²) in [4.78, 5) is 47.4. The fraction of sp³-hybridized carbons (Fsp3) is 0.267. The van der Waals surface area contributed by atoms with Gasteiger partial charge in [0.2, 0.25) is 5.91 Å². The lowest BCUT2D eigenvalue weighted by Gasteiger charge is -2.39. The Morgan fingerprint density at radius 3 is 2.48 bits per heavy atom. The quantitative estimate of drug-likeness (QED) is 0.407. The molecule has 2 fully saturated rings. The second-order valence-corrected chi connectivity index (χ2v) is 10.8. The molecular formula is C30H22ClF3N6O4. The van der Waals surface area contributed by atoms with Gasteiger partial charge in [-0.3, -0.25) is 24.2 Å². The van der Waals surface area contributed by atoms with Crippen molar-refractivity contribution in [1.29, 1.82) is 10.5 Å². The van der Waals surface area contributed by atoms with Crippen molar-refractivity contribution in [3.8, 4) is 12.1 Å². The van der Waals surface area contributed by atoms with E-state index >= 15 is 0 Å². The van der Waals surface area contributed by atoms with Crippen molar-refractivity contribution in [3.63, 3.8) is 0 Å². The fourth-order valence-electron chi connectivity index (χ4n) is 5.32. The highest BCUT2D eigenvalue weighted by atomic mass is 35.5. The molecule has 0 bridgehead atoms. The Balaban J connectivity index is 1.67. The van der Waals surface area contributed by atoms with E-state index in [1.807, 2.05) is 6.07 Å². The number of benzene rings is 2.